The Balaban J connectivity index is 1.49. The second-order valence-electron chi connectivity index (χ2n) is 8.38. The molecule has 0 saturated heterocycles. The summed E-state index contributed by atoms with van der Waals surface area (Å²) in [5.41, 5.74) is 15.7. The van der Waals surface area contributed by atoms with Crippen LogP contribution < -0.4 is 16.2 Å². The Labute approximate surface area is 197 Å². The molecule has 0 aliphatic carbocycles. The molecule has 3 rings (SSSR count). The van der Waals surface area contributed by atoms with Gasteiger partial charge in [0.05, 0.1) is 5.69 Å². The number of hydrogen-bond acceptors (Lipinski definition) is 4. The number of carbonyl (C=O) groups is 1. The summed E-state index contributed by atoms with van der Waals surface area (Å²) in [6, 6.07) is 20.6. The van der Waals surface area contributed by atoms with Gasteiger partial charge in [-0.3, -0.25) is 4.79 Å². The van der Waals surface area contributed by atoms with Gasteiger partial charge < -0.3 is 16.2 Å². The third-order valence-corrected chi connectivity index (χ3v) is 5.63. The quantitative estimate of drug-likeness (QED) is 0.132. The molecule has 33 heavy (non-hydrogen) atoms. The van der Waals surface area contributed by atoms with Crippen molar-refractivity contribution in [3.8, 4) is 11.5 Å². The number of benzene rings is 3. The molecule has 0 amide bonds. The van der Waals surface area contributed by atoms with E-state index in [1.807, 2.05) is 6.08 Å². The molecule has 4 heteroatoms. The van der Waals surface area contributed by atoms with E-state index in [2.05, 4.69) is 31.2 Å². The largest absolute Gasteiger partial charge is 0.455 e. The molecule has 4 N–H and O–H groups in total. The monoisotopic (exact) mass is 442 g/mol. The van der Waals surface area contributed by atoms with Crippen molar-refractivity contribution in [2.24, 2.45) is 0 Å². The molecule has 0 radical (unpaired) electrons. The molecule has 0 heterocycles. The first-order chi connectivity index (χ1) is 16.0. The summed E-state index contributed by atoms with van der Waals surface area (Å²) in [5.74, 6) is 1.08. The van der Waals surface area contributed by atoms with Crippen molar-refractivity contribution < 1.29 is 9.53 Å². The van der Waals surface area contributed by atoms with Gasteiger partial charge in [-0.15, -0.1) is 0 Å². The molecule has 3 aromatic rings. The van der Waals surface area contributed by atoms with Gasteiger partial charge in [-0.2, -0.15) is 0 Å². The predicted molar refractivity (Wildman–Crippen MR) is 139 cm³/mol. The van der Waals surface area contributed by atoms with Crippen molar-refractivity contribution in [3.63, 3.8) is 0 Å². The van der Waals surface area contributed by atoms with Gasteiger partial charge in [0, 0.05) is 11.3 Å². The molecule has 0 bridgehead atoms. The first-order valence-electron chi connectivity index (χ1n) is 11.8. The van der Waals surface area contributed by atoms with Gasteiger partial charge in [-0.25, -0.2) is 0 Å². The number of allylic oxidation sites excluding steroid dienone is 1. The van der Waals surface area contributed by atoms with E-state index in [1.165, 1.54) is 44.1 Å². The van der Waals surface area contributed by atoms with Gasteiger partial charge in [0.1, 0.15) is 11.5 Å². The molecule has 3 aromatic carbocycles. The fraction of sp³-hybridized carbons (Fsp3) is 0.276. The molecule has 172 valence electrons. The zero-order valence-corrected chi connectivity index (χ0v) is 19.4. The van der Waals surface area contributed by atoms with Gasteiger partial charge in [-0.05, 0) is 72.5 Å². The van der Waals surface area contributed by atoms with Crippen LogP contribution in [0.2, 0.25) is 0 Å². The molecule has 0 fully saturated rings. The van der Waals surface area contributed by atoms with E-state index < -0.39 is 0 Å². The lowest BCUT2D eigenvalue weighted by molar-refractivity contribution is 0.104. The van der Waals surface area contributed by atoms with Crippen molar-refractivity contribution in [3.05, 3.63) is 89.5 Å². The summed E-state index contributed by atoms with van der Waals surface area (Å²) in [6.45, 7) is 2.25. The Bertz CT molecular complexity index is 1050. The average Bonchev–Trinajstić information content (AvgIpc) is 2.83. The minimum atomic E-state index is -0.0512. The fourth-order valence-corrected chi connectivity index (χ4v) is 3.65. The molecule has 0 saturated carbocycles. The Kier molecular flexibility index (Phi) is 9.13. The second-order valence-corrected chi connectivity index (χ2v) is 8.38. The van der Waals surface area contributed by atoms with Crippen molar-refractivity contribution >= 4 is 23.2 Å². The molecule has 0 atom stereocenters. The van der Waals surface area contributed by atoms with E-state index in [9.17, 15) is 4.79 Å². The third kappa shape index (κ3) is 7.83. The van der Waals surface area contributed by atoms with E-state index in [-0.39, 0.29) is 5.78 Å². The van der Waals surface area contributed by atoms with E-state index in [0.29, 0.717) is 28.4 Å². The standard InChI is InChI=1S/C29H34N2O2/c1-2-3-4-5-6-7-8-22-9-11-23(12-10-22)13-19-28(32)24-14-17-26(18-15-24)33-29-20-16-25(30)21-27(29)31/h9-21H,2-8,30-31H2,1H3. The van der Waals surface area contributed by atoms with Gasteiger partial charge in [0.2, 0.25) is 0 Å². The Hall–Kier alpha value is -3.53. The number of hydrogen-bond donors (Lipinski definition) is 2. The summed E-state index contributed by atoms with van der Waals surface area (Å²) in [6.07, 6.45) is 12.4. The molecule has 0 aliphatic rings. The summed E-state index contributed by atoms with van der Waals surface area (Å²) >= 11 is 0. The van der Waals surface area contributed by atoms with E-state index in [0.717, 1.165) is 12.0 Å². The number of aryl methyl sites for hydroxylation is 1. The predicted octanol–water partition coefficient (Wildman–Crippen LogP) is 7.44. The number of ketones is 1. The molecular weight excluding hydrogens is 408 g/mol. The van der Waals surface area contributed by atoms with Crippen molar-refractivity contribution in [1.82, 2.24) is 0 Å². The van der Waals surface area contributed by atoms with Crippen molar-refractivity contribution in [2.75, 3.05) is 11.5 Å². The van der Waals surface area contributed by atoms with Crippen LogP contribution in [-0.2, 0) is 6.42 Å². The van der Waals surface area contributed by atoms with Crippen LogP contribution in [-0.4, -0.2) is 5.78 Å². The van der Waals surface area contributed by atoms with E-state index in [4.69, 9.17) is 16.2 Å². The zero-order valence-electron chi connectivity index (χ0n) is 19.4. The van der Waals surface area contributed by atoms with Crippen LogP contribution in [0.5, 0.6) is 11.5 Å². The number of unbranched alkanes of at least 4 members (excludes halogenated alkanes) is 5. The normalized spacial score (nSPS) is 11.1. The van der Waals surface area contributed by atoms with Gasteiger partial charge in [0.25, 0.3) is 0 Å². The molecule has 0 aromatic heterocycles. The first-order valence-corrected chi connectivity index (χ1v) is 11.8. The Morgan fingerprint density at radius 3 is 2.24 bits per heavy atom. The van der Waals surface area contributed by atoms with Crippen LogP contribution in [0.3, 0.4) is 0 Å². The number of rotatable bonds is 12. The average molecular weight is 443 g/mol. The third-order valence-electron chi connectivity index (χ3n) is 5.63. The van der Waals surface area contributed by atoms with Crippen LogP contribution in [0.1, 0.15) is 66.9 Å². The number of nitrogens with two attached hydrogens (primary N) is 2. The maximum atomic E-state index is 12.5. The molecule has 0 unspecified atom stereocenters. The lowest BCUT2D eigenvalue weighted by Gasteiger charge is -2.09. The molecule has 0 aliphatic heterocycles. The summed E-state index contributed by atoms with van der Waals surface area (Å²) < 4.78 is 5.78. The van der Waals surface area contributed by atoms with Gasteiger partial charge in [0.15, 0.2) is 5.78 Å². The number of carbonyl (C=O) groups excluding carboxylic acids is 1. The number of nitrogen functional groups attached to an aromatic ring is 2. The van der Waals surface area contributed by atoms with Gasteiger partial charge >= 0.3 is 0 Å². The number of anilines is 2. The molecule has 0 spiro atoms. The summed E-state index contributed by atoms with van der Waals surface area (Å²) in [5, 5.41) is 0. The maximum absolute atomic E-state index is 12.5. The lowest BCUT2D eigenvalue weighted by Crippen LogP contribution is -1.96. The van der Waals surface area contributed by atoms with Crippen LogP contribution in [0.25, 0.3) is 6.08 Å². The highest BCUT2D eigenvalue weighted by Gasteiger charge is 2.05. The lowest BCUT2D eigenvalue weighted by atomic mass is 10.0. The van der Waals surface area contributed by atoms with E-state index in [1.54, 1.807) is 48.5 Å². The maximum Gasteiger partial charge on any atom is 0.185 e. The smallest absolute Gasteiger partial charge is 0.185 e. The summed E-state index contributed by atoms with van der Waals surface area (Å²) in [7, 11) is 0. The van der Waals surface area contributed by atoms with Crippen LogP contribution >= 0.6 is 0 Å². The topological polar surface area (TPSA) is 78.3 Å². The fourth-order valence-electron chi connectivity index (χ4n) is 3.65. The highest BCUT2D eigenvalue weighted by Crippen LogP contribution is 2.29. The second kappa shape index (κ2) is 12.5. The van der Waals surface area contributed by atoms with Crippen LogP contribution in [0.15, 0.2) is 72.8 Å². The SMILES string of the molecule is CCCCCCCCc1ccc(C=CC(=O)c2ccc(Oc3ccc(N)cc3N)cc2)cc1. The number of ether oxygens (including phenoxy) is 1. The molecular formula is C29H34N2O2. The van der Waals surface area contributed by atoms with Gasteiger partial charge in [-0.1, -0.05) is 69.4 Å². The first kappa shape index (κ1) is 24.1. The highest BCUT2D eigenvalue weighted by atomic mass is 16.5. The zero-order chi connectivity index (χ0) is 23.5. The highest BCUT2D eigenvalue weighted by molar-refractivity contribution is 6.06. The molecule has 4 nitrogen and oxygen atoms in total. The van der Waals surface area contributed by atoms with E-state index >= 15 is 0 Å². The minimum Gasteiger partial charge on any atom is -0.455 e. The minimum absolute atomic E-state index is 0.0512. The van der Waals surface area contributed by atoms with Crippen molar-refractivity contribution in [1.29, 1.82) is 0 Å². The van der Waals surface area contributed by atoms with Crippen LogP contribution in [0, 0.1) is 0 Å². The summed E-state index contributed by atoms with van der Waals surface area (Å²) in [4.78, 5) is 12.5. The van der Waals surface area contributed by atoms with Crippen molar-refractivity contribution in [2.45, 2.75) is 51.9 Å². The Morgan fingerprint density at radius 1 is 0.848 bits per heavy atom. The Morgan fingerprint density at radius 2 is 1.55 bits per heavy atom. The van der Waals surface area contributed by atoms with Crippen LogP contribution in [0.4, 0.5) is 11.4 Å².